The summed E-state index contributed by atoms with van der Waals surface area (Å²) in [5.74, 6) is 2.76. The van der Waals surface area contributed by atoms with Crippen molar-refractivity contribution in [1.82, 2.24) is 10.3 Å². The highest BCUT2D eigenvalue weighted by Gasteiger charge is 2.25. The van der Waals surface area contributed by atoms with Crippen LogP contribution in [0.2, 0.25) is 0 Å². The third-order valence-corrected chi connectivity index (χ3v) is 4.24. The van der Waals surface area contributed by atoms with Crippen molar-refractivity contribution in [3.8, 4) is 5.75 Å². The zero-order chi connectivity index (χ0) is 13.8. The van der Waals surface area contributed by atoms with E-state index in [1.54, 1.807) is 0 Å². The maximum absolute atomic E-state index is 5.69. The van der Waals surface area contributed by atoms with Crippen LogP contribution in [0.4, 0.5) is 5.82 Å². The van der Waals surface area contributed by atoms with Gasteiger partial charge in [0.05, 0.1) is 6.61 Å². The molecule has 0 radical (unpaired) electrons. The molecular weight excluding hydrogens is 250 g/mol. The molecule has 0 bridgehead atoms. The van der Waals surface area contributed by atoms with E-state index in [1.807, 2.05) is 25.3 Å². The lowest BCUT2D eigenvalue weighted by atomic mass is 9.96. The van der Waals surface area contributed by atoms with Crippen molar-refractivity contribution in [3.63, 3.8) is 0 Å². The molecule has 1 aliphatic carbocycles. The fraction of sp³-hybridized carbons (Fsp3) is 0.688. The summed E-state index contributed by atoms with van der Waals surface area (Å²) in [6, 6.07) is 4.79. The minimum atomic E-state index is 0.695. The van der Waals surface area contributed by atoms with Gasteiger partial charge in [-0.05, 0) is 57.2 Å². The summed E-state index contributed by atoms with van der Waals surface area (Å²) in [7, 11) is 0. The second-order valence-corrected chi connectivity index (χ2v) is 5.87. The van der Waals surface area contributed by atoms with Crippen LogP contribution < -0.4 is 15.0 Å². The van der Waals surface area contributed by atoms with Crippen LogP contribution in [0, 0.1) is 5.92 Å². The van der Waals surface area contributed by atoms with Crippen molar-refractivity contribution < 1.29 is 4.74 Å². The predicted octanol–water partition coefficient (Wildman–Crippen LogP) is 2.45. The van der Waals surface area contributed by atoms with E-state index in [-0.39, 0.29) is 0 Å². The highest BCUT2D eigenvalue weighted by molar-refractivity contribution is 5.52. The summed E-state index contributed by atoms with van der Waals surface area (Å²) in [4.78, 5) is 6.89. The molecule has 2 heterocycles. The van der Waals surface area contributed by atoms with Gasteiger partial charge in [-0.25, -0.2) is 4.98 Å². The van der Waals surface area contributed by atoms with Crippen molar-refractivity contribution in [2.24, 2.45) is 5.92 Å². The third kappa shape index (κ3) is 3.42. The zero-order valence-corrected chi connectivity index (χ0v) is 12.3. The number of piperidine rings is 1. The first-order valence-electron chi connectivity index (χ1n) is 7.93. The maximum atomic E-state index is 5.69. The minimum absolute atomic E-state index is 0.695. The quantitative estimate of drug-likeness (QED) is 0.865. The number of anilines is 1. The number of nitrogens with zero attached hydrogens (tertiary/aromatic N) is 2. The number of ether oxygens (including phenoxy) is 1. The molecule has 0 atom stereocenters. The van der Waals surface area contributed by atoms with Gasteiger partial charge >= 0.3 is 0 Å². The monoisotopic (exact) mass is 275 g/mol. The Morgan fingerprint density at radius 3 is 2.80 bits per heavy atom. The van der Waals surface area contributed by atoms with Gasteiger partial charge in [-0.1, -0.05) is 0 Å². The molecule has 0 aromatic carbocycles. The lowest BCUT2D eigenvalue weighted by Crippen LogP contribution is -2.38. The Morgan fingerprint density at radius 2 is 2.10 bits per heavy atom. The average Bonchev–Trinajstić information content (AvgIpc) is 3.31. The van der Waals surface area contributed by atoms with Crippen LogP contribution in [-0.4, -0.2) is 37.3 Å². The van der Waals surface area contributed by atoms with Crippen LogP contribution in [0.25, 0.3) is 0 Å². The van der Waals surface area contributed by atoms with Crippen LogP contribution in [0.15, 0.2) is 18.3 Å². The standard InChI is InChI=1S/C16H25N3O/c1-2-20-15-4-3-9-17-16(15)19-10-7-13(8-11-19)12-18-14-5-6-14/h3-4,9,13-14,18H,2,5-8,10-12H2,1H3. The van der Waals surface area contributed by atoms with Gasteiger partial charge in [0.1, 0.15) is 0 Å². The Labute approximate surface area is 121 Å². The first-order chi connectivity index (χ1) is 9.86. The number of pyridine rings is 1. The molecule has 3 rings (SSSR count). The van der Waals surface area contributed by atoms with Gasteiger partial charge in [0.15, 0.2) is 11.6 Å². The van der Waals surface area contributed by atoms with Crippen molar-refractivity contribution in [2.75, 3.05) is 31.1 Å². The van der Waals surface area contributed by atoms with Crippen molar-refractivity contribution in [2.45, 2.75) is 38.6 Å². The first-order valence-corrected chi connectivity index (χ1v) is 7.93. The lowest BCUT2D eigenvalue weighted by Gasteiger charge is -2.33. The largest absolute Gasteiger partial charge is 0.490 e. The Hall–Kier alpha value is -1.29. The number of nitrogens with one attached hydrogen (secondary N) is 1. The van der Waals surface area contributed by atoms with Gasteiger partial charge in [0.25, 0.3) is 0 Å². The van der Waals surface area contributed by atoms with E-state index < -0.39 is 0 Å². The summed E-state index contributed by atoms with van der Waals surface area (Å²) < 4.78 is 5.69. The Kier molecular flexibility index (Phi) is 4.41. The molecule has 1 aliphatic heterocycles. The summed E-state index contributed by atoms with van der Waals surface area (Å²) >= 11 is 0. The second kappa shape index (κ2) is 6.44. The van der Waals surface area contributed by atoms with Crippen LogP contribution in [0.1, 0.15) is 32.6 Å². The van der Waals surface area contributed by atoms with E-state index >= 15 is 0 Å². The third-order valence-electron chi connectivity index (χ3n) is 4.24. The predicted molar refractivity (Wildman–Crippen MR) is 81.4 cm³/mol. The average molecular weight is 275 g/mol. The van der Waals surface area contributed by atoms with Gasteiger partial charge in [-0.2, -0.15) is 0 Å². The molecule has 1 aromatic heterocycles. The van der Waals surface area contributed by atoms with E-state index in [2.05, 4.69) is 15.2 Å². The zero-order valence-electron chi connectivity index (χ0n) is 12.3. The van der Waals surface area contributed by atoms with E-state index in [9.17, 15) is 0 Å². The van der Waals surface area contributed by atoms with Crippen LogP contribution in [-0.2, 0) is 0 Å². The van der Waals surface area contributed by atoms with E-state index in [4.69, 9.17) is 4.74 Å². The number of hydrogen-bond donors (Lipinski definition) is 1. The number of hydrogen-bond acceptors (Lipinski definition) is 4. The van der Waals surface area contributed by atoms with Crippen molar-refractivity contribution in [3.05, 3.63) is 18.3 Å². The molecule has 1 saturated heterocycles. The molecule has 4 heteroatoms. The maximum Gasteiger partial charge on any atom is 0.171 e. The van der Waals surface area contributed by atoms with Crippen molar-refractivity contribution >= 4 is 5.82 Å². The smallest absolute Gasteiger partial charge is 0.171 e. The molecule has 1 saturated carbocycles. The SMILES string of the molecule is CCOc1cccnc1N1CCC(CNC2CC2)CC1. The molecule has 2 fully saturated rings. The molecule has 0 unspecified atom stereocenters. The summed E-state index contributed by atoms with van der Waals surface area (Å²) in [5, 5.41) is 3.65. The Balaban J connectivity index is 1.54. The summed E-state index contributed by atoms with van der Waals surface area (Å²) in [6.07, 6.45) is 7.12. The highest BCUT2D eigenvalue weighted by Crippen LogP contribution is 2.29. The molecule has 0 amide bonds. The number of rotatable bonds is 6. The van der Waals surface area contributed by atoms with Crippen LogP contribution in [0.5, 0.6) is 5.75 Å². The fourth-order valence-corrected chi connectivity index (χ4v) is 2.86. The molecule has 2 aliphatic rings. The van der Waals surface area contributed by atoms with Gasteiger partial charge in [-0.3, -0.25) is 0 Å². The number of aromatic nitrogens is 1. The Morgan fingerprint density at radius 1 is 1.30 bits per heavy atom. The lowest BCUT2D eigenvalue weighted by molar-refractivity contribution is 0.334. The van der Waals surface area contributed by atoms with Crippen molar-refractivity contribution in [1.29, 1.82) is 0 Å². The second-order valence-electron chi connectivity index (χ2n) is 5.87. The topological polar surface area (TPSA) is 37.4 Å². The summed E-state index contributed by atoms with van der Waals surface area (Å²) in [5.41, 5.74) is 0. The van der Waals surface area contributed by atoms with Gasteiger partial charge in [0, 0.05) is 25.3 Å². The minimum Gasteiger partial charge on any atom is -0.490 e. The molecular formula is C16H25N3O. The Bertz CT molecular complexity index is 425. The van der Waals surface area contributed by atoms with Gasteiger partial charge in [-0.15, -0.1) is 0 Å². The van der Waals surface area contributed by atoms with Crippen LogP contribution in [0.3, 0.4) is 0 Å². The van der Waals surface area contributed by atoms with E-state index in [1.165, 1.54) is 32.2 Å². The molecule has 20 heavy (non-hydrogen) atoms. The molecule has 0 spiro atoms. The highest BCUT2D eigenvalue weighted by atomic mass is 16.5. The molecule has 4 nitrogen and oxygen atoms in total. The van der Waals surface area contributed by atoms with E-state index in [0.717, 1.165) is 36.6 Å². The molecule has 1 N–H and O–H groups in total. The van der Waals surface area contributed by atoms with Gasteiger partial charge < -0.3 is 15.0 Å². The van der Waals surface area contributed by atoms with Gasteiger partial charge in [0.2, 0.25) is 0 Å². The first kappa shape index (κ1) is 13.7. The molecule has 110 valence electrons. The molecule has 1 aromatic rings. The summed E-state index contributed by atoms with van der Waals surface area (Å²) in [6.45, 7) is 6.09. The normalized spacial score (nSPS) is 20.1. The van der Waals surface area contributed by atoms with E-state index in [0.29, 0.717) is 6.61 Å². The van der Waals surface area contributed by atoms with Crippen LogP contribution >= 0.6 is 0 Å². The fourth-order valence-electron chi connectivity index (χ4n) is 2.86.